The molecule has 7 rings (SSSR count). The number of benzene rings is 3. The van der Waals surface area contributed by atoms with Crippen molar-refractivity contribution in [1.29, 1.82) is 0 Å². The van der Waals surface area contributed by atoms with Crippen LogP contribution in [0.4, 0.5) is 0 Å². The molecule has 2 heterocycles. The molecule has 37 heavy (non-hydrogen) atoms. The van der Waals surface area contributed by atoms with Crippen LogP contribution in [-0.2, 0) is 12.8 Å². The molecule has 2 unspecified atom stereocenters. The minimum Gasteiger partial charge on any atom is -0.269 e. The molecule has 1 nitrogen and oxygen atoms in total. The van der Waals surface area contributed by atoms with Crippen molar-refractivity contribution in [3.05, 3.63) is 127 Å². The van der Waals surface area contributed by atoms with Crippen molar-refractivity contribution in [2.75, 3.05) is 0 Å². The fourth-order valence-electron chi connectivity index (χ4n) is 5.80. The third kappa shape index (κ3) is 4.83. The van der Waals surface area contributed by atoms with E-state index < -0.39 is 0 Å². The molecule has 0 bridgehead atoms. The van der Waals surface area contributed by atoms with Gasteiger partial charge < -0.3 is 0 Å². The number of thiophene rings is 1. The summed E-state index contributed by atoms with van der Waals surface area (Å²) < 4.78 is 1.21. The minimum absolute atomic E-state index is 0.506. The highest BCUT2D eigenvalue weighted by molar-refractivity contribution is 9.10. The quantitative estimate of drug-likeness (QED) is 0.218. The number of aliphatic imine (C=N–C) groups is 1. The Bertz CT molecular complexity index is 1590. The van der Waals surface area contributed by atoms with Gasteiger partial charge in [0.1, 0.15) is 0 Å². The molecule has 1 aliphatic heterocycles. The van der Waals surface area contributed by atoms with Crippen LogP contribution in [-0.4, -0.2) is 6.21 Å². The number of halogens is 1. The van der Waals surface area contributed by atoms with Gasteiger partial charge in [0.25, 0.3) is 0 Å². The van der Waals surface area contributed by atoms with Gasteiger partial charge in [0.2, 0.25) is 0 Å². The molecule has 0 spiro atoms. The zero-order chi connectivity index (χ0) is 25.4. The van der Waals surface area contributed by atoms with Crippen LogP contribution in [0.1, 0.15) is 52.0 Å². The van der Waals surface area contributed by atoms with E-state index in [1.165, 1.54) is 53.5 Å². The van der Waals surface area contributed by atoms with Gasteiger partial charge in [-0.15, -0.1) is 11.3 Å². The lowest BCUT2D eigenvalue weighted by molar-refractivity contribution is 0.614. The van der Waals surface area contributed by atoms with Gasteiger partial charge in [0, 0.05) is 34.1 Å². The van der Waals surface area contributed by atoms with Gasteiger partial charge >= 0.3 is 0 Å². The fraction of sp³-hybridized carbons (Fsp3) is 0.206. The number of aryl methyl sites for hydroxylation is 1. The first-order valence-electron chi connectivity index (χ1n) is 13.0. The molecule has 2 aliphatic carbocycles. The van der Waals surface area contributed by atoms with Crippen LogP contribution in [0, 0.1) is 12.8 Å². The molecule has 184 valence electrons. The molecule has 4 aromatic rings. The molecule has 0 amide bonds. The smallest absolute Gasteiger partial charge is 0.0321 e. The first-order valence-corrected chi connectivity index (χ1v) is 14.7. The molecule has 3 aliphatic rings. The van der Waals surface area contributed by atoms with Crippen molar-refractivity contribution in [3.63, 3.8) is 0 Å². The van der Waals surface area contributed by atoms with Crippen LogP contribution in [0.5, 0.6) is 0 Å². The first kappa shape index (κ1) is 24.3. The van der Waals surface area contributed by atoms with Gasteiger partial charge in [-0.2, -0.15) is 0 Å². The number of fused-ring (bicyclic) bond motifs is 5. The van der Waals surface area contributed by atoms with E-state index in [4.69, 9.17) is 0 Å². The lowest BCUT2D eigenvalue weighted by Crippen LogP contribution is -2.18. The van der Waals surface area contributed by atoms with E-state index >= 15 is 0 Å². The molecule has 0 saturated carbocycles. The average molecular weight is 565 g/mol. The summed E-state index contributed by atoms with van der Waals surface area (Å²) in [6.45, 7) is 4.57. The van der Waals surface area contributed by atoms with Crippen LogP contribution in [0.3, 0.4) is 0 Å². The average Bonchev–Trinajstić information content (AvgIpc) is 3.25. The van der Waals surface area contributed by atoms with Gasteiger partial charge in [0.05, 0.1) is 0 Å². The molecule has 3 aromatic carbocycles. The summed E-state index contributed by atoms with van der Waals surface area (Å²) in [5.74, 6) is 1.10. The zero-order valence-electron chi connectivity index (χ0n) is 21.2. The van der Waals surface area contributed by atoms with E-state index in [0.717, 1.165) is 19.3 Å². The summed E-state index contributed by atoms with van der Waals surface area (Å²) in [6.07, 6.45) is 13.9. The predicted molar refractivity (Wildman–Crippen MR) is 165 cm³/mol. The predicted octanol–water partition coefficient (Wildman–Crippen LogP) is 9.95. The van der Waals surface area contributed by atoms with Crippen molar-refractivity contribution in [2.24, 2.45) is 10.9 Å². The second-order valence-corrected chi connectivity index (χ2v) is 12.0. The number of allylic oxidation sites excluding steroid dienone is 4. The molecule has 2 atom stereocenters. The SMILES string of the molecule is C1=Cc2sccc2CC=N1.Cc1cc2ccc3c(c2cc1Br)CC(C)C1=C3C=CC(c2ccccc2)C1. The van der Waals surface area contributed by atoms with E-state index in [9.17, 15) is 0 Å². The number of rotatable bonds is 1. The van der Waals surface area contributed by atoms with E-state index in [-0.39, 0.29) is 0 Å². The van der Waals surface area contributed by atoms with Crippen molar-refractivity contribution < 1.29 is 0 Å². The largest absolute Gasteiger partial charge is 0.269 e. The topological polar surface area (TPSA) is 12.4 Å². The van der Waals surface area contributed by atoms with Crippen molar-refractivity contribution in [2.45, 2.75) is 39.0 Å². The summed E-state index contributed by atoms with van der Waals surface area (Å²) in [4.78, 5) is 5.40. The number of hydrogen-bond donors (Lipinski definition) is 0. The van der Waals surface area contributed by atoms with Crippen LogP contribution < -0.4 is 0 Å². The maximum Gasteiger partial charge on any atom is 0.0321 e. The Morgan fingerprint density at radius 2 is 1.84 bits per heavy atom. The Morgan fingerprint density at radius 1 is 0.973 bits per heavy atom. The minimum atomic E-state index is 0.506. The summed E-state index contributed by atoms with van der Waals surface area (Å²) in [5.41, 5.74) is 10.2. The monoisotopic (exact) mass is 563 g/mol. The molecule has 0 N–H and O–H groups in total. The second kappa shape index (κ2) is 10.4. The molecule has 0 fully saturated rings. The van der Waals surface area contributed by atoms with Crippen LogP contribution in [0.2, 0.25) is 0 Å². The Morgan fingerprint density at radius 3 is 2.70 bits per heavy atom. The lowest BCUT2D eigenvalue weighted by Gasteiger charge is -2.33. The Labute approximate surface area is 232 Å². The van der Waals surface area contributed by atoms with Crippen molar-refractivity contribution in [3.8, 4) is 0 Å². The zero-order valence-corrected chi connectivity index (χ0v) is 23.6. The Hall–Kier alpha value is -3.01. The summed E-state index contributed by atoms with van der Waals surface area (Å²) in [6, 6.07) is 22.3. The van der Waals surface area contributed by atoms with Crippen LogP contribution in [0.15, 0.2) is 99.4 Å². The number of hydrogen-bond acceptors (Lipinski definition) is 2. The van der Waals surface area contributed by atoms with Crippen molar-refractivity contribution >= 4 is 55.9 Å². The lowest BCUT2D eigenvalue weighted by atomic mass is 9.71. The van der Waals surface area contributed by atoms with Gasteiger partial charge in [-0.25, -0.2) is 0 Å². The van der Waals surface area contributed by atoms with Crippen LogP contribution >= 0.6 is 27.3 Å². The van der Waals surface area contributed by atoms with Crippen molar-refractivity contribution in [1.82, 2.24) is 0 Å². The van der Waals surface area contributed by atoms with E-state index in [2.05, 4.69) is 119 Å². The molecular weight excluding hydrogens is 534 g/mol. The molecule has 1 aromatic heterocycles. The Balaban J connectivity index is 0.000000210. The summed E-state index contributed by atoms with van der Waals surface area (Å²) in [7, 11) is 0. The second-order valence-electron chi connectivity index (χ2n) is 10.2. The Kier molecular flexibility index (Phi) is 6.84. The van der Waals surface area contributed by atoms with Gasteiger partial charge in [-0.05, 0) is 93.4 Å². The standard InChI is InChI=1S/C26H23Br.C8H7NS/c1-16-13-25-22(11-9-20-12-17(2)26(27)15-24(20)25)21-10-8-19(14-23(16)21)18-6-4-3-5-7-18;1-4-9-5-2-8-7(1)3-6-10-8/h3-12,15-16,19H,13-14H2,1-2H3;2-6H,1H2. The van der Waals surface area contributed by atoms with Gasteiger partial charge in [-0.3, -0.25) is 4.99 Å². The van der Waals surface area contributed by atoms with Gasteiger partial charge in [0.15, 0.2) is 0 Å². The normalized spacial score (nSPS) is 19.5. The summed E-state index contributed by atoms with van der Waals surface area (Å²) in [5, 5.41) is 4.88. The number of nitrogens with zero attached hydrogens (tertiary/aromatic N) is 1. The van der Waals surface area contributed by atoms with E-state index in [1.807, 2.05) is 12.4 Å². The maximum atomic E-state index is 4.06. The molecular formula is C34H30BrNS. The van der Waals surface area contributed by atoms with E-state index in [1.54, 1.807) is 16.9 Å². The third-order valence-corrected chi connectivity index (χ3v) is 9.60. The molecule has 0 radical (unpaired) electrons. The third-order valence-electron chi connectivity index (χ3n) is 7.82. The fourth-order valence-corrected chi connectivity index (χ4v) is 6.97. The highest BCUT2D eigenvalue weighted by atomic mass is 79.9. The van der Waals surface area contributed by atoms with Gasteiger partial charge in [-0.1, -0.05) is 89.1 Å². The van der Waals surface area contributed by atoms with E-state index in [0.29, 0.717) is 11.8 Å². The van der Waals surface area contributed by atoms with Crippen LogP contribution in [0.25, 0.3) is 22.4 Å². The highest BCUT2D eigenvalue weighted by Gasteiger charge is 2.29. The first-order chi connectivity index (χ1) is 18.1. The molecule has 0 saturated heterocycles. The maximum absolute atomic E-state index is 4.06. The molecule has 3 heteroatoms. The summed E-state index contributed by atoms with van der Waals surface area (Å²) >= 11 is 5.51. The highest BCUT2D eigenvalue weighted by Crippen LogP contribution is 2.46.